The molecule has 1 aliphatic heterocycles. The number of aliphatic hydroxyl groups excluding tert-OH is 1. The van der Waals surface area contributed by atoms with E-state index in [1.165, 1.54) is 4.90 Å². The van der Waals surface area contributed by atoms with Gasteiger partial charge in [0.15, 0.2) is 0 Å². The van der Waals surface area contributed by atoms with Crippen molar-refractivity contribution in [3.8, 4) is 0 Å². The summed E-state index contributed by atoms with van der Waals surface area (Å²) < 4.78 is 12.7. The van der Waals surface area contributed by atoms with E-state index in [9.17, 15) is 9.90 Å². The molecule has 0 bridgehead atoms. The molecule has 1 N–H and O–H groups in total. The molecule has 1 amide bonds. The number of amides is 1. The number of morpholine rings is 1. The van der Waals surface area contributed by atoms with E-state index in [-0.39, 0.29) is 6.61 Å². The number of imidazole rings is 1. The number of aliphatic hydroxyl groups is 1. The standard InChI is InChI=1S/C15H25N3O4/c1-5-17-7-6-16-13(17)12(19)11-10-21-9-8-18(11)14(20)22-15(2,3)4/h6-7,11-12,19H,5,8-10H2,1-4H3. The molecule has 124 valence electrons. The zero-order chi connectivity index (χ0) is 16.3. The summed E-state index contributed by atoms with van der Waals surface area (Å²) in [6.45, 7) is 9.22. The fourth-order valence-electron chi connectivity index (χ4n) is 2.46. The van der Waals surface area contributed by atoms with Crippen molar-refractivity contribution in [3.05, 3.63) is 18.2 Å². The maximum absolute atomic E-state index is 12.4. The van der Waals surface area contributed by atoms with E-state index in [0.29, 0.717) is 25.5 Å². The second-order valence-electron chi connectivity index (χ2n) is 6.33. The first-order valence-corrected chi connectivity index (χ1v) is 7.60. The van der Waals surface area contributed by atoms with Crippen LogP contribution in [0, 0.1) is 0 Å². The molecule has 2 atom stereocenters. The van der Waals surface area contributed by atoms with E-state index in [1.807, 2.05) is 32.3 Å². The van der Waals surface area contributed by atoms with Crippen LogP contribution < -0.4 is 0 Å². The number of hydrogen-bond donors (Lipinski definition) is 1. The van der Waals surface area contributed by atoms with Gasteiger partial charge in [-0.15, -0.1) is 0 Å². The Kier molecular flexibility index (Phi) is 5.08. The van der Waals surface area contributed by atoms with Crippen molar-refractivity contribution in [2.75, 3.05) is 19.8 Å². The summed E-state index contributed by atoms with van der Waals surface area (Å²) in [6.07, 6.45) is 2.10. The van der Waals surface area contributed by atoms with Crippen molar-refractivity contribution in [2.24, 2.45) is 0 Å². The van der Waals surface area contributed by atoms with E-state index in [1.54, 1.807) is 12.4 Å². The molecule has 7 nitrogen and oxygen atoms in total. The molecule has 0 spiro atoms. The molecular weight excluding hydrogens is 286 g/mol. The third-order valence-corrected chi connectivity index (χ3v) is 3.51. The van der Waals surface area contributed by atoms with Gasteiger partial charge in [0, 0.05) is 25.5 Å². The van der Waals surface area contributed by atoms with Gasteiger partial charge in [0.25, 0.3) is 0 Å². The van der Waals surface area contributed by atoms with Gasteiger partial charge in [0.2, 0.25) is 0 Å². The molecule has 2 rings (SSSR count). The highest BCUT2D eigenvalue weighted by Crippen LogP contribution is 2.24. The third kappa shape index (κ3) is 3.78. The van der Waals surface area contributed by atoms with Crippen LogP contribution in [0.15, 0.2) is 12.4 Å². The Hall–Kier alpha value is -1.60. The molecule has 0 aliphatic carbocycles. The second kappa shape index (κ2) is 6.66. The Labute approximate surface area is 130 Å². The van der Waals surface area contributed by atoms with Gasteiger partial charge in [0.05, 0.1) is 19.3 Å². The molecule has 2 heterocycles. The Balaban J connectivity index is 2.17. The topological polar surface area (TPSA) is 76.8 Å². The summed E-state index contributed by atoms with van der Waals surface area (Å²) >= 11 is 0. The quantitative estimate of drug-likeness (QED) is 0.917. The summed E-state index contributed by atoms with van der Waals surface area (Å²) in [5.41, 5.74) is -0.577. The van der Waals surface area contributed by atoms with Crippen LogP contribution in [0.3, 0.4) is 0 Å². The van der Waals surface area contributed by atoms with E-state index < -0.39 is 23.8 Å². The molecule has 7 heteroatoms. The maximum Gasteiger partial charge on any atom is 0.410 e. The van der Waals surface area contributed by atoms with Gasteiger partial charge in [-0.05, 0) is 27.7 Å². The summed E-state index contributed by atoms with van der Waals surface area (Å²) in [5.74, 6) is 0.534. The number of hydrogen-bond acceptors (Lipinski definition) is 5. The fourth-order valence-corrected chi connectivity index (χ4v) is 2.46. The smallest absolute Gasteiger partial charge is 0.410 e. The lowest BCUT2D eigenvalue weighted by Gasteiger charge is -2.38. The zero-order valence-corrected chi connectivity index (χ0v) is 13.7. The Morgan fingerprint density at radius 3 is 2.95 bits per heavy atom. The number of nitrogens with zero attached hydrogens (tertiary/aromatic N) is 3. The first-order chi connectivity index (χ1) is 10.3. The predicted molar refractivity (Wildman–Crippen MR) is 80.4 cm³/mol. The Morgan fingerprint density at radius 1 is 1.59 bits per heavy atom. The van der Waals surface area contributed by atoms with Crippen molar-refractivity contribution in [1.29, 1.82) is 0 Å². The summed E-state index contributed by atoms with van der Waals surface area (Å²) in [7, 11) is 0. The second-order valence-corrected chi connectivity index (χ2v) is 6.33. The molecule has 1 aliphatic rings. The van der Waals surface area contributed by atoms with Gasteiger partial charge < -0.3 is 19.1 Å². The van der Waals surface area contributed by atoms with Crippen LogP contribution in [-0.4, -0.2) is 57.1 Å². The molecule has 22 heavy (non-hydrogen) atoms. The normalized spacial score (nSPS) is 20.8. The number of ether oxygens (including phenoxy) is 2. The highest BCUT2D eigenvalue weighted by Gasteiger charge is 2.37. The van der Waals surface area contributed by atoms with E-state index in [0.717, 1.165) is 0 Å². The van der Waals surface area contributed by atoms with Crippen molar-refractivity contribution in [3.63, 3.8) is 0 Å². The number of rotatable bonds is 3. The van der Waals surface area contributed by atoms with E-state index >= 15 is 0 Å². The van der Waals surface area contributed by atoms with Crippen molar-refractivity contribution >= 4 is 6.09 Å². The van der Waals surface area contributed by atoms with Crippen LogP contribution in [-0.2, 0) is 16.0 Å². The first kappa shape index (κ1) is 16.8. The number of aryl methyl sites for hydroxylation is 1. The fraction of sp³-hybridized carbons (Fsp3) is 0.733. The predicted octanol–water partition coefficient (Wildman–Crippen LogP) is 1.57. The average molecular weight is 311 g/mol. The number of carbonyl (C=O) groups is 1. The molecule has 0 saturated carbocycles. The average Bonchev–Trinajstić information content (AvgIpc) is 2.93. The third-order valence-electron chi connectivity index (χ3n) is 3.51. The number of aromatic nitrogens is 2. The van der Waals surface area contributed by atoms with Gasteiger partial charge in [-0.3, -0.25) is 4.90 Å². The van der Waals surface area contributed by atoms with Gasteiger partial charge in [-0.1, -0.05) is 0 Å². The Morgan fingerprint density at radius 2 is 2.32 bits per heavy atom. The largest absolute Gasteiger partial charge is 0.444 e. The van der Waals surface area contributed by atoms with E-state index in [4.69, 9.17) is 9.47 Å². The molecule has 1 saturated heterocycles. The minimum Gasteiger partial charge on any atom is -0.444 e. The SMILES string of the molecule is CCn1ccnc1C(O)C1COCCN1C(=O)OC(C)(C)C. The highest BCUT2D eigenvalue weighted by atomic mass is 16.6. The molecular formula is C15H25N3O4. The van der Waals surface area contributed by atoms with Gasteiger partial charge in [0.1, 0.15) is 17.5 Å². The molecule has 1 fully saturated rings. The summed E-state index contributed by atoms with van der Waals surface area (Å²) in [4.78, 5) is 18.1. The van der Waals surface area contributed by atoms with Crippen LogP contribution in [0.4, 0.5) is 4.79 Å². The van der Waals surface area contributed by atoms with Crippen LogP contribution in [0.25, 0.3) is 0 Å². The number of carbonyl (C=O) groups excluding carboxylic acids is 1. The molecule has 2 unspecified atom stereocenters. The van der Waals surface area contributed by atoms with Crippen LogP contribution >= 0.6 is 0 Å². The lowest BCUT2D eigenvalue weighted by atomic mass is 10.1. The van der Waals surface area contributed by atoms with Crippen LogP contribution in [0.5, 0.6) is 0 Å². The Bertz CT molecular complexity index is 509. The van der Waals surface area contributed by atoms with Crippen LogP contribution in [0.1, 0.15) is 39.6 Å². The first-order valence-electron chi connectivity index (χ1n) is 7.60. The lowest BCUT2D eigenvalue weighted by molar-refractivity contribution is -0.0696. The molecule has 0 aromatic carbocycles. The summed E-state index contributed by atoms with van der Waals surface area (Å²) in [6, 6.07) is -0.503. The zero-order valence-electron chi connectivity index (χ0n) is 13.7. The van der Waals surface area contributed by atoms with Gasteiger partial charge in [-0.2, -0.15) is 0 Å². The minimum absolute atomic E-state index is 0.261. The molecule has 1 aromatic heterocycles. The highest BCUT2D eigenvalue weighted by molar-refractivity contribution is 5.68. The maximum atomic E-state index is 12.4. The lowest BCUT2D eigenvalue weighted by Crippen LogP contribution is -2.53. The van der Waals surface area contributed by atoms with Gasteiger partial charge >= 0.3 is 6.09 Å². The van der Waals surface area contributed by atoms with Crippen molar-refractivity contribution < 1.29 is 19.4 Å². The van der Waals surface area contributed by atoms with Crippen LogP contribution in [0.2, 0.25) is 0 Å². The van der Waals surface area contributed by atoms with Crippen molar-refractivity contribution in [1.82, 2.24) is 14.5 Å². The van der Waals surface area contributed by atoms with Gasteiger partial charge in [-0.25, -0.2) is 9.78 Å². The summed E-state index contributed by atoms with van der Waals surface area (Å²) in [5, 5.41) is 10.7. The molecule has 1 aromatic rings. The minimum atomic E-state index is -0.914. The molecule has 0 radical (unpaired) electrons. The van der Waals surface area contributed by atoms with Crippen molar-refractivity contribution in [2.45, 2.75) is 52.0 Å². The van der Waals surface area contributed by atoms with E-state index in [2.05, 4.69) is 4.98 Å². The monoisotopic (exact) mass is 311 g/mol.